The summed E-state index contributed by atoms with van der Waals surface area (Å²) >= 11 is 5.31. The molecule has 0 fully saturated rings. The van der Waals surface area contributed by atoms with Crippen LogP contribution in [0.1, 0.15) is 29.3 Å². The highest BCUT2D eigenvalue weighted by Crippen LogP contribution is 2.19. The van der Waals surface area contributed by atoms with Gasteiger partial charge < -0.3 is 5.32 Å². The first-order valence-electron chi connectivity index (χ1n) is 8.57. The Morgan fingerprint density at radius 1 is 1.19 bits per heavy atom. The normalized spacial score (nSPS) is 10.6. The lowest BCUT2D eigenvalue weighted by molar-refractivity contribution is -0.116. The minimum atomic E-state index is -0.135. The van der Waals surface area contributed by atoms with Crippen molar-refractivity contribution < 1.29 is 9.59 Å². The molecule has 0 atom stereocenters. The smallest absolute Gasteiger partial charge is 0.226 e. The van der Waals surface area contributed by atoms with Crippen molar-refractivity contribution in [2.24, 2.45) is 0 Å². The van der Waals surface area contributed by atoms with Gasteiger partial charge in [0, 0.05) is 29.8 Å². The minimum absolute atomic E-state index is 0.00844. The topological polar surface area (TPSA) is 79.8 Å². The number of nitrogens with one attached hydrogen (secondary N) is 2. The van der Waals surface area contributed by atoms with Crippen LogP contribution in [0, 0.1) is 11.7 Å². The van der Waals surface area contributed by atoms with Crippen LogP contribution in [0.3, 0.4) is 0 Å². The zero-order valence-electron chi connectivity index (χ0n) is 15.2. The first-order valence-corrected chi connectivity index (χ1v) is 8.98. The van der Waals surface area contributed by atoms with Crippen LogP contribution in [-0.4, -0.2) is 26.5 Å². The van der Waals surface area contributed by atoms with Crippen molar-refractivity contribution in [1.82, 2.24) is 14.8 Å². The van der Waals surface area contributed by atoms with E-state index in [1.54, 1.807) is 24.3 Å². The summed E-state index contributed by atoms with van der Waals surface area (Å²) in [7, 11) is 0. The molecule has 6 nitrogen and oxygen atoms in total. The molecule has 2 N–H and O–H groups in total. The van der Waals surface area contributed by atoms with Gasteiger partial charge >= 0.3 is 0 Å². The Bertz CT molecular complexity index is 1030. The number of rotatable bonds is 6. The number of aromatic nitrogens is 3. The Kier molecular flexibility index (Phi) is 5.61. The molecule has 3 aromatic rings. The number of aromatic amines is 1. The number of aryl methyl sites for hydroxylation is 1. The van der Waals surface area contributed by atoms with Crippen LogP contribution >= 0.6 is 12.2 Å². The summed E-state index contributed by atoms with van der Waals surface area (Å²) in [5.74, 6) is 0.567. The van der Waals surface area contributed by atoms with Gasteiger partial charge in [0.25, 0.3) is 0 Å². The third kappa shape index (κ3) is 4.57. The minimum Gasteiger partial charge on any atom is -0.326 e. The molecule has 27 heavy (non-hydrogen) atoms. The maximum absolute atomic E-state index is 12.3. The Morgan fingerprint density at radius 2 is 1.93 bits per heavy atom. The van der Waals surface area contributed by atoms with Gasteiger partial charge in [-0.25, -0.2) is 0 Å². The van der Waals surface area contributed by atoms with Crippen molar-refractivity contribution in [3.05, 3.63) is 64.4 Å². The lowest BCUT2D eigenvalue weighted by Gasteiger charge is -2.09. The van der Waals surface area contributed by atoms with Crippen molar-refractivity contribution >= 4 is 29.6 Å². The Hall–Kier alpha value is -3.06. The van der Waals surface area contributed by atoms with Gasteiger partial charge in [0.15, 0.2) is 16.4 Å². The molecular formula is C20H20N4O2S. The first-order chi connectivity index (χ1) is 12.9. The van der Waals surface area contributed by atoms with Crippen LogP contribution in [0.15, 0.2) is 48.5 Å². The van der Waals surface area contributed by atoms with Gasteiger partial charge in [-0.1, -0.05) is 23.8 Å². The number of hydrogen-bond donors (Lipinski definition) is 2. The van der Waals surface area contributed by atoms with E-state index in [9.17, 15) is 9.59 Å². The number of Topliss-reactive ketones (excluding diaryl/α,β-unsaturated/α-hetero) is 1. The average Bonchev–Trinajstić information content (AvgIpc) is 3.01. The first kappa shape index (κ1) is 18.7. The fourth-order valence-corrected chi connectivity index (χ4v) is 2.98. The molecule has 0 saturated carbocycles. The zero-order chi connectivity index (χ0) is 19.4. The highest BCUT2D eigenvalue weighted by Gasteiger charge is 2.11. The molecule has 0 unspecified atom stereocenters. The SMILES string of the molecule is CC(=O)c1ccc(NC(=O)CCn2c(-c3cccc(C)c3)n[nH]c2=S)cc1. The van der Waals surface area contributed by atoms with Crippen molar-refractivity contribution in [2.45, 2.75) is 26.8 Å². The molecule has 0 aliphatic heterocycles. The maximum atomic E-state index is 12.3. The molecule has 0 aliphatic carbocycles. The van der Waals surface area contributed by atoms with Crippen LogP contribution in [0.4, 0.5) is 5.69 Å². The zero-order valence-corrected chi connectivity index (χ0v) is 16.0. The van der Waals surface area contributed by atoms with E-state index in [2.05, 4.69) is 15.5 Å². The summed E-state index contributed by atoms with van der Waals surface area (Å²) in [6, 6.07) is 14.8. The third-order valence-electron chi connectivity index (χ3n) is 4.17. The number of carbonyl (C=O) groups excluding carboxylic acids is 2. The number of ketones is 1. The van der Waals surface area contributed by atoms with Crippen LogP contribution < -0.4 is 5.32 Å². The van der Waals surface area contributed by atoms with E-state index in [1.807, 2.05) is 35.8 Å². The quantitative estimate of drug-likeness (QED) is 0.497. The van der Waals surface area contributed by atoms with E-state index in [-0.39, 0.29) is 18.1 Å². The van der Waals surface area contributed by atoms with E-state index in [0.29, 0.717) is 28.4 Å². The largest absolute Gasteiger partial charge is 0.326 e. The van der Waals surface area contributed by atoms with Gasteiger partial charge in [-0.15, -0.1) is 0 Å². The average molecular weight is 380 g/mol. The maximum Gasteiger partial charge on any atom is 0.226 e. The second-order valence-corrected chi connectivity index (χ2v) is 6.69. The molecule has 1 heterocycles. The molecule has 0 radical (unpaired) electrons. The molecule has 2 aromatic carbocycles. The van der Waals surface area contributed by atoms with Gasteiger partial charge in [-0.2, -0.15) is 5.10 Å². The number of anilines is 1. The summed E-state index contributed by atoms with van der Waals surface area (Å²) in [4.78, 5) is 23.6. The lowest BCUT2D eigenvalue weighted by Crippen LogP contribution is -2.15. The summed E-state index contributed by atoms with van der Waals surface area (Å²) in [6.45, 7) is 3.93. The summed E-state index contributed by atoms with van der Waals surface area (Å²) in [6.07, 6.45) is 0.251. The van der Waals surface area contributed by atoms with E-state index in [4.69, 9.17) is 12.2 Å². The van der Waals surface area contributed by atoms with Crippen LogP contribution in [0.2, 0.25) is 0 Å². The molecule has 0 spiro atoms. The highest BCUT2D eigenvalue weighted by molar-refractivity contribution is 7.71. The Balaban J connectivity index is 1.68. The molecule has 1 amide bonds. The van der Waals surface area contributed by atoms with E-state index < -0.39 is 0 Å². The van der Waals surface area contributed by atoms with Crippen molar-refractivity contribution in [2.75, 3.05) is 5.32 Å². The summed E-state index contributed by atoms with van der Waals surface area (Å²) in [5.41, 5.74) is 3.34. The van der Waals surface area contributed by atoms with Crippen molar-refractivity contribution in [1.29, 1.82) is 0 Å². The summed E-state index contributed by atoms with van der Waals surface area (Å²) < 4.78 is 2.30. The Morgan fingerprint density at radius 3 is 2.59 bits per heavy atom. The Labute approximate surface area is 162 Å². The molecule has 138 valence electrons. The molecular weight excluding hydrogens is 360 g/mol. The molecule has 0 aliphatic rings. The number of benzene rings is 2. The number of hydrogen-bond acceptors (Lipinski definition) is 4. The molecule has 1 aromatic heterocycles. The predicted molar refractivity (Wildman–Crippen MR) is 107 cm³/mol. The second-order valence-electron chi connectivity index (χ2n) is 6.31. The number of H-pyrrole nitrogens is 1. The number of nitrogens with zero attached hydrogens (tertiary/aromatic N) is 2. The van der Waals surface area contributed by atoms with E-state index in [1.165, 1.54) is 6.92 Å². The predicted octanol–water partition coefficient (Wildman–Crippen LogP) is 4.15. The fraction of sp³-hybridized carbons (Fsp3) is 0.200. The highest BCUT2D eigenvalue weighted by atomic mass is 32.1. The lowest BCUT2D eigenvalue weighted by atomic mass is 10.1. The van der Waals surface area contributed by atoms with Gasteiger partial charge in [0.2, 0.25) is 5.91 Å². The molecule has 7 heteroatoms. The standard InChI is InChI=1S/C20H20N4O2S/c1-13-4-3-5-16(12-13)19-22-23-20(27)24(19)11-10-18(26)21-17-8-6-15(7-9-17)14(2)25/h3-9,12H,10-11H2,1-2H3,(H,21,26)(H,23,27). The van der Waals surface area contributed by atoms with Crippen LogP contribution in [-0.2, 0) is 11.3 Å². The number of carbonyl (C=O) groups is 2. The van der Waals surface area contributed by atoms with E-state index in [0.717, 1.165) is 11.1 Å². The second kappa shape index (κ2) is 8.09. The third-order valence-corrected chi connectivity index (χ3v) is 4.48. The monoisotopic (exact) mass is 380 g/mol. The number of amides is 1. The van der Waals surface area contributed by atoms with Crippen molar-refractivity contribution in [3.8, 4) is 11.4 Å². The molecule has 0 saturated heterocycles. The van der Waals surface area contributed by atoms with E-state index >= 15 is 0 Å². The summed E-state index contributed by atoms with van der Waals surface area (Å²) in [5, 5.41) is 9.93. The molecule has 3 rings (SSSR count). The van der Waals surface area contributed by atoms with Crippen LogP contribution in [0.25, 0.3) is 11.4 Å². The van der Waals surface area contributed by atoms with Gasteiger partial charge in [0.1, 0.15) is 0 Å². The van der Waals surface area contributed by atoms with Crippen molar-refractivity contribution in [3.63, 3.8) is 0 Å². The van der Waals surface area contributed by atoms with Gasteiger partial charge in [0.05, 0.1) is 0 Å². The fourth-order valence-electron chi connectivity index (χ4n) is 2.75. The van der Waals surface area contributed by atoms with Crippen LogP contribution in [0.5, 0.6) is 0 Å². The van der Waals surface area contributed by atoms with Gasteiger partial charge in [-0.05, 0) is 56.4 Å². The van der Waals surface area contributed by atoms with Gasteiger partial charge in [-0.3, -0.25) is 19.3 Å². The molecule has 0 bridgehead atoms.